The van der Waals surface area contributed by atoms with Crippen molar-refractivity contribution in [3.8, 4) is 33.6 Å². The maximum atomic E-state index is 2.48. The summed E-state index contributed by atoms with van der Waals surface area (Å²) in [7, 11) is 0. The SMILES string of the molecule is c1ccc(-n2c3ccccc3c3cc(-c4ccc5c(c4)c4ccccc4n5-c4ccc(-c5cc6c7ccccc7ccc6c6ccccc56)c5ccccc45)ccc32)cc1. The largest absolute Gasteiger partial charge is 0.309 e. The first-order chi connectivity index (χ1) is 29.8. The molecular formula is C58H36N2. The van der Waals surface area contributed by atoms with E-state index in [1.165, 1.54) is 120 Å². The van der Waals surface area contributed by atoms with Crippen LogP contribution in [0, 0.1) is 0 Å². The van der Waals surface area contributed by atoms with Crippen molar-refractivity contribution in [3.05, 3.63) is 218 Å². The Labute approximate surface area is 346 Å². The zero-order valence-corrected chi connectivity index (χ0v) is 32.7. The lowest BCUT2D eigenvalue weighted by atomic mass is 9.89. The first kappa shape index (κ1) is 33.1. The van der Waals surface area contributed by atoms with Gasteiger partial charge < -0.3 is 9.13 Å². The molecule has 0 saturated heterocycles. The zero-order chi connectivity index (χ0) is 39.3. The number of aromatic nitrogens is 2. The van der Waals surface area contributed by atoms with E-state index < -0.39 is 0 Å². The van der Waals surface area contributed by atoms with Gasteiger partial charge >= 0.3 is 0 Å². The quantitative estimate of drug-likeness (QED) is 0.158. The average molecular weight is 761 g/mol. The Morgan fingerprint density at radius 3 is 1.43 bits per heavy atom. The highest BCUT2D eigenvalue weighted by Crippen LogP contribution is 2.44. The van der Waals surface area contributed by atoms with Gasteiger partial charge in [0, 0.05) is 32.6 Å². The molecular weight excluding hydrogens is 725 g/mol. The molecule has 13 rings (SSSR count). The molecule has 2 heterocycles. The summed E-state index contributed by atoms with van der Waals surface area (Å²) in [6.07, 6.45) is 0. The minimum atomic E-state index is 1.17. The second kappa shape index (κ2) is 12.8. The van der Waals surface area contributed by atoms with E-state index in [2.05, 4.69) is 228 Å². The summed E-state index contributed by atoms with van der Waals surface area (Å²) >= 11 is 0. The molecule has 2 aromatic heterocycles. The van der Waals surface area contributed by atoms with Gasteiger partial charge in [0.2, 0.25) is 0 Å². The van der Waals surface area contributed by atoms with Gasteiger partial charge in [0.1, 0.15) is 0 Å². The third-order valence-corrected chi connectivity index (χ3v) is 12.9. The van der Waals surface area contributed by atoms with Crippen LogP contribution in [0.4, 0.5) is 0 Å². The van der Waals surface area contributed by atoms with Crippen LogP contribution in [0.5, 0.6) is 0 Å². The van der Waals surface area contributed by atoms with E-state index in [1.54, 1.807) is 0 Å². The molecule has 2 nitrogen and oxygen atoms in total. The minimum Gasteiger partial charge on any atom is -0.309 e. The molecule has 0 spiro atoms. The fraction of sp³-hybridized carbons (Fsp3) is 0. The van der Waals surface area contributed by atoms with Gasteiger partial charge in [-0.2, -0.15) is 0 Å². The summed E-state index contributed by atoms with van der Waals surface area (Å²) in [4.78, 5) is 0. The molecule has 0 aliphatic carbocycles. The summed E-state index contributed by atoms with van der Waals surface area (Å²) in [6, 6.07) is 80.6. The molecule has 60 heavy (non-hydrogen) atoms. The second-order valence-corrected chi connectivity index (χ2v) is 16.0. The van der Waals surface area contributed by atoms with Crippen molar-refractivity contribution in [2.24, 2.45) is 0 Å². The molecule has 278 valence electrons. The smallest absolute Gasteiger partial charge is 0.0541 e. The zero-order valence-electron chi connectivity index (χ0n) is 32.7. The molecule has 0 unspecified atom stereocenters. The molecule has 2 heteroatoms. The Bertz CT molecular complexity index is 3880. The van der Waals surface area contributed by atoms with Gasteiger partial charge in [-0.15, -0.1) is 0 Å². The van der Waals surface area contributed by atoms with Crippen molar-refractivity contribution in [3.63, 3.8) is 0 Å². The van der Waals surface area contributed by atoms with E-state index in [9.17, 15) is 0 Å². The molecule has 0 radical (unpaired) electrons. The predicted octanol–water partition coefficient (Wildman–Crippen LogP) is 15.8. The Morgan fingerprint density at radius 1 is 0.233 bits per heavy atom. The van der Waals surface area contributed by atoms with Gasteiger partial charge in [-0.05, 0) is 121 Å². The molecule has 0 aliphatic heterocycles. The molecule has 0 fully saturated rings. The fourth-order valence-electron chi connectivity index (χ4n) is 10.2. The highest BCUT2D eigenvalue weighted by Gasteiger charge is 2.19. The summed E-state index contributed by atoms with van der Waals surface area (Å²) in [5, 5.41) is 15.1. The van der Waals surface area contributed by atoms with Crippen molar-refractivity contribution >= 4 is 86.7 Å². The maximum Gasteiger partial charge on any atom is 0.0541 e. The van der Waals surface area contributed by atoms with Crippen LogP contribution in [0.15, 0.2) is 218 Å². The van der Waals surface area contributed by atoms with Crippen LogP contribution < -0.4 is 0 Å². The lowest BCUT2D eigenvalue weighted by Crippen LogP contribution is -1.97. The van der Waals surface area contributed by atoms with Crippen molar-refractivity contribution in [1.29, 1.82) is 0 Å². The average Bonchev–Trinajstić information content (AvgIpc) is 3.83. The van der Waals surface area contributed by atoms with Crippen LogP contribution in [0.2, 0.25) is 0 Å². The standard InChI is InChI=1S/C58H36N2/c1-2-15-40(16-3-1)59-54-24-12-10-22-48(54)52-34-38(27-31-57(52)59)39-28-32-58-53(35-39)49-23-11-13-25-55(49)60(58)56-33-30-46(43-19-8-9-21-47(43)56)51-36-50-41-17-5-4-14-37(41)26-29-45(50)42-18-6-7-20-44(42)51/h1-36H. The van der Waals surface area contributed by atoms with Gasteiger partial charge in [-0.1, -0.05) is 158 Å². The molecule has 0 aliphatic rings. The Kier molecular flexibility index (Phi) is 7.05. The molecule has 0 atom stereocenters. The molecule has 11 aromatic carbocycles. The van der Waals surface area contributed by atoms with E-state index in [-0.39, 0.29) is 0 Å². The van der Waals surface area contributed by atoms with Gasteiger partial charge in [0.15, 0.2) is 0 Å². The van der Waals surface area contributed by atoms with Gasteiger partial charge in [-0.25, -0.2) is 0 Å². The number of fused-ring (bicyclic) bond motifs is 12. The first-order valence-corrected chi connectivity index (χ1v) is 20.8. The summed E-state index contributed by atoms with van der Waals surface area (Å²) in [5.41, 5.74) is 12.1. The summed E-state index contributed by atoms with van der Waals surface area (Å²) in [6.45, 7) is 0. The van der Waals surface area contributed by atoms with Crippen molar-refractivity contribution in [1.82, 2.24) is 9.13 Å². The number of hydrogen-bond acceptors (Lipinski definition) is 0. The van der Waals surface area contributed by atoms with Gasteiger partial charge in [0.05, 0.1) is 27.8 Å². The van der Waals surface area contributed by atoms with E-state index in [4.69, 9.17) is 0 Å². The minimum absolute atomic E-state index is 1.17. The number of benzene rings is 11. The van der Waals surface area contributed by atoms with Crippen LogP contribution >= 0.6 is 0 Å². The Morgan fingerprint density at radius 2 is 0.733 bits per heavy atom. The topological polar surface area (TPSA) is 9.86 Å². The van der Waals surface area contributed by atoms with E-state index in [0.717, 1.165) is 0 Å². The summed E-state index contributed by atoms with van der Waals surface area (Å²) in [5.74, 6) is 0. The van der Waals surface area contributed by atoms with Gasteiger partial charge in [0.25, 0.3) is 0 Å². The summed E-state index contributed by atoms with van der Waals surface area (Å²) < 4.78 is 4.86. The van der Waals surface area contributed by atoms with Crippen LogP contribution in [-0.2, 0) is 0 Å². The third kappa shape index (κ3) is 4.76. The number of nitrogens with zero attached hydrogens (tertiary/aromatic N) is 2. The Balaban J connectivity index is 1.01. The lowest BCUT2D eigenvalue weighted by molar-refractivity contribution is 1.18. The van der Waals surface area contributed by atoms with Crippen molar-refractivity contribution in [2.45, 2.75) is 0 Å². The van der Waals surface area contributed by atoms with Crippen LogP contribution in [0.1, 0.15) is 0 Å². The van der Waals surface area contributed by atoms with E-state index >= 15 is 0 Å². The maximum absolute atomic E-state index is 2.48. The number of para-hydroxylation sites is 3. The molecule has 0 amide bonds. The van der Waals surface area contributed by atoms with Gasteiger partial charge in [-0.3, -0.25) is 0 Å². The van der Waals surface area contributed by atoms with Crippen molar-refractivity contribution in [2.75, 3.05) is 0 Å². The highest BCUT2D eigenvalue weighted by molar-refractivity contribution is 6.23. The second-order valence-electron chi connectivity index (χ2n) is 16.0. The van der Waals surface area contributed by atoms with Crippen LogP contribution in [-0.4, -0.2) is 9.13 Å². The Hall–Kier alpha value is -7.94. The normalized spacial score (nSPS) is 12.0. The lowest BCUT2D eigenvalue weighted by Gasteiger charge is -2.17. The first-order valence-electron chi connectivity index (χ1n) is 20.8. The van der Waals surface area contributed by atoms with Crippen LogP contribution in [0.3, 0.4) is 0 Å². The highest BCUT2D eigenvalue weighted by atomic mass is 15.0. The van der Waals surface area contributed by atoms with E-state index in [1.807, 2.05) is 0 Å². The number of rotatable bonds is 4. The predicted molar refractivity (Wildman–Crippen MR) is 256 cm³/mol. The number of hydrogen-bond donors (Lipinski definition) is 0. The van der Waals surface area contributed by atoms with Crippen molar-refractivity contribution < 1.29 is 0 Å². The third-order valence-electron chi connectivity index (χ3n) is 12.9. The molecule has 0 saturated carbocycles. The van der Waals surface area contributed by atoms with E-state index in [0.29, 0.717) is 0 Å². The monoisotopic (exact) mass is 760 g/mol. The fourth-order valence-corrected chi connectivity index (χ4v) is 10.2. The molecule has 0 N–H and O–H groups in total. The molecule has 0 bridgehead atoms. The van der Waals surface area contributed by atoms with Crippen LogP contribution in [0.25, 0.3) is 120 Å². The molecule has 13 aromatic rings.